The fourth-order valence-electron chi connectivity index (χ4n) is 2.42. The van der Waals surface area contributed by atoms with Crippen LogP contribution in [0, 0.1) is 12.8 Å². The first kappa shape index (κ1) is 10.7. The summed E-state index contributed by atoms with van der Waals surface area (Å²) in [4.78, 5) is 0. The van der Waals surface area contributed by atoms with E-state index < -0.39 is 0 Å². The van der Waals surface area contributed by atoms with Crippen molar-refractivity contribution in [2.45, 2.75) is 51.7 Å². The number of aliphatic hydroxyl groups is 1. The molecule has 1 aliphatic rings. The van der Waals surface area contributed by atoms with E-state index in [-0.39, 0.29) is 6.10 Å². The van der Waals surface area contributed by atoms with Gasteiger partial charge >= 0.3 is 0 Å². The number of hydrogen-bond acceptors (Lipinski definition) is 2. The molecule has 0 radical (unpaired) electrons. The van der Waals surface area contributed by atoms with Gasteiger partial charge in [-0.25, -0.2) is 0 Å². The normalized spacial score (nSPS) is 20.4. The minimum Gasteiger partial charge on any atom is -0.391 e. The molecule has 3 nitrogen and oxygen atoms in total. The highest BCUT2D eigenvalue weighted by Crippen LogP contribution is 2.26. The molecule has 0 saturated heterocycles. The van der Waals surface area contributed by atoms with Crippen LogP contribution in [0.1, 0.15) is 37.8 Å². The van der Waals surface area contributed by atoms with Crippen LogP contribution in [-0.2, 0) is 6.54 Å². The van der Waals surface area contributed by atoms with Crippen LogP contribution in [0.15, 0.2) is 12.3 Å². The summed E-state index contributed by atoms with van der Waals surface area (Å²) >= 11 is 0. The summed E-state index contributed by atoms with van der Waals surface area (Å²) in [6, 6.07) is 1.98. The van der Waals surface area contributed by atoms with Gasteiger partial charge in [0.05, 0.1) is 18.3 Å². The topological polar surface area (TPSA) is 38.0 Å². The molecular formula is C12H20N2O. The maximum atomic E-state index is 10.1. The molecule has 3 heteroatoms. The Bertz CT molecular complexity index is 302. The van der Waals surface area contributed by atoms with Crippen molar-refractivity contribution in [1.29, 1.82) is 0 Å². The summed E-state index contributed by atoms with van der Waals surface area (Å²) in [7, 11) is 0. The van der Waals surface area contributed by atoms with Crippen molar-refractivity contribution in [2.75, 3.05) is 0 Å². The van der Waals surface area contributed by atoms with Crippen LogP contribution < -0.4 is 0 Å². The first-order valence-corrected chi connectivity index (χ1v) is 5.94. The Kier molecular flexibility index (Phi) is 3.41. The van der Waals surface area contributed by atoms with Crippen LogP contribution in [0.3, 0.4) is 0 Å². The summed E-state index contributed by atoms with van der Waals surface area (Å²) in [6.07, 6.45) is 7.98. The number of aromatic nitrogens is 2. The van der Waals surface area contributed by atoms with Gasteiger partial charge in [0.2, 0.25) is 0 Å². The molecule has 0 amide bonds. The van der Waals surface area contributed by atoms with Gasteiger partial charge in [-0.2, -0.15) is 5.10 Å². The molecule has 0 aliphatic heterocycles. The van der Waals surface area contributed by atoms with Crippen molar-refractivity contribution in [2.24, 2.45) is 5.92 Å². The number of hydrogen-bond donors (Lipinski definition) is 1. The fraction of sp³-hybridized carbons (Fsp3) is 0.750. The Balaban J connectivity index is 1.88. The molecule has 15 heavy (non-hydrogen) atoms. The standard InChI is InChI=1S/C12H20N2O/c1-10-7-8-14(13-10)9-12(15)11-5-3-2-4-6-11/h7-8,11-12,15H,2-6,9H2,1H3. The van der Waals surface area contributed by atoms with Crippen LogP contribution in [0.25, 0.3) is 0 Å². The summed E-state index contributed by atoms with van der Waals surface area (Å²) in [5.41, 5.74) is 1.02. The Morgan fingerprint density at radius 2 is 2.20 bits per heavy atom. The van der Waals surface area contributed by atoms with E-state index >= 15 is 0 Å². The second kappa shape index (κ2) is 4.79. The molecule has 84 valence electrons. The predicted molar refractivity (Wildman–Crippen MR) is 59.5 cm³/mol. The maximum absolute atomic E-state index is 10.1. The number of rotatable bonds is 3. The summed E-state index contributed by atoms with van der Waals surface area (Å²) < 4.78 is 1.86. The Labute approximate surface area is 91.1 Å². The lowest BCUT2D eigenvalue weighted by molar-refractivity contribution is 0.0664. The maximum Gasteiger partial charge on any atom is 0.0764 e. The predicted octanol–water partition coefficient (Wildman–Crippen LogP) is 2.13. The fourth-order valence-corrected chi connectivity index (χ4v) is 2.42. The van der Waals surface area contributed by atoms with E-state index in [4.69, 9.17) is 0 Å². The van der Waals surface area contributed by atoms with E-state index in [1.54, 1.807) is 0 Å². The number of aryl methyl sites for hydroxylation is 1. The zero-order valence-corrected chi connectivity index (χ0v) is 9.39. The number of nitrogens with zero attached hydrogens (tertiary/aromatic N) is 2. The second-order valence-electron chi connectivity index (χ2n) is 4.64. The Hall–Kier alpha value is -0.830. The van der Waals surface area contributed by atoms with Gasteiger partial charge in [-0.3, -0.25) is 4.68 Å². The van der Waals surface area contributed by atoms with E-state index in [9.17, 15) is 5.11 Å². The van der Waals surface area contributed by atoms with E-state index in [0.717, 1.165) is 5.69 Å². The van der Waals surface area contributed by atoms with Crippen molar-refractivity contribution >= 4 is 0 Å². The molecule has 1 aromatic rings. The summed E-state index contributed by atoms with van der Waals surface area (Å²) in [5.74, 6) is 0.489. The molecular weight excluding hydrogens is 188 g/mol. The molecule has 1 fully saturated rings. The first-order chi connectivity index (χ1) is 7.25. The third-order valence-electron chi connectivity index (χ3n) is 3.34. The van der Waals surface area contributed by atoms with Crippen LogP contribution in [0.2, 0.25) is 0 Å². The van der Waals surface area contributed by atoms with E-state index in [1.807, 2.05) is 23.9 Å². The minimum atomic E-state index is -0.218. The van der Waals surface area contributed by atoms with Crippen molar-refractivity contribution < 1.29 is 5.11 Å². The zero-order chi connectivity index (χ0) is 10.7. The summed E-state index contributed by atoms with van der Waals surface area (Å²) in [6.45, 7) is 2.63. The Morgan fingerprint density at radius 3 is 2.80 bits per heavy atom. The average molecular weight is 208 g/mol. The van der Waals surface area contributed by atoms with Gasteiger partial charge in [0.1, 0.15) is 0 Å². The highest BCUT2D eigenvalue weighted by molar-refractivity contribution is 4.95. The zero-order valence-electron chi connectivity index (χ0n) is 9.39. The molecule has 2 rings (SSSR count). The minimum absolute atomic E-state index is 0.218. The van der Waals surface area contributed by atoms with Crippen LogP contribution in [0.5, 0.6) is 0 Å². The second-order valence-corrected chi connectivity index (χ2v) is 4.64. The third kappa shape index (κ3) is 2.81. The largest absolute Gasteiger partial charge is 0.391 e. The molecule has 1 aromatic heterocycles. The summed E-state index contributed by atoms with van der Waals surface area (Å²) in [5, 5.41) is 14.4. The molecule has 1 heterocycles. The lowest BCUT2D eigenvalue weighted by Crippen LogP contribution is -2.27. The monoisotopic (exact) mass is 208 g/mol. The molecule has 1 aliphatic carbocycles. The van der Waals surface area contributed by atoms with Crippen LogP contribution in [0.4, 0.5) is 0 Å². The third-order valence-corrected chi connectivity index (χ3v) is 3.34. The molecule has 1 N–H and O–H groups in total. The average Bonchev–Trinajstić information content (AvgIpc) is 2.65. The molecule has 1 atom stereocenters. The van der Waals surface area contributed by atoms with Gasteiger partial charge in [0, 0.05) is 6.20 Å². The SMILES string of the molecule is Cc1ccn(CC(O)C2CCCCC2)n1. The van der Waals surface area contributed by atoms with Crippen molar-refractivity contribution in [1.82, 2.24) is 9.78 Å². The molecule has 0 bridgehead atoms. The molecule has 0 spiro atoms. The van der Waals surface area contributed by atoms with E-state index in [2.05, 4.69) is 5.10 Å². The highest BCUT2D eigenvalue weighted by atomic mass is 16.3. The van der Waals surface area contributed by atoms with Crippen molar-refractivity contribution in [3.8, 4) is 0 Å². The van der Waals surface area contributed by atoms with Crippen molar-refractivity contribution in [3.63, 3.8) is 0 Å². The lowest BCUT2D eigenvalue weighted by atomic mass is 9.85. The van der Waals surface area contributed by atoms with Gasteiger partial charge in [-0.1, -0.05) is 19.3 Å². The smallest absolute Gasteiger partial charge is 0.0764 e. The van der Waals surface area contributed by atoms with E-state index in [1.165, 1.54) is 32.1 Å². The molecule has 0 aromatic carbocycles. The first-order valence-electron chi connectivity index (χ1n) is 5.94. The van der Waals surface area contributed by atoms with Crippen molar-refractivity contribution in [3.05, 3.63) is 18.0 Å². The van der Waals surface area contributed by atoms with Gasteiger partial charge in [-0.05, 0) is 31.7 Å². The van der Waals surface area contributed by atoms with Gasteiger partial charge in [0.25, 0.3) is 0 Å². The quantitative estimate of drug-likeness (QED) is 0.826. The van der Waals surface area contributed by atoms with Gasteiger partial charge in [0.15, 0.2) is 0 Å². The van der Waals surface area contributed by atoms with Gasteiger partial charge in [-0.15, -0.1) is 0 Å². The highest BCUT2D eigenvalue weighted by Gasteiger charge is 2.21. The molecule has 1 saturated carbocycles. The molecule has 1 unspecified atom stereocenters. The number of aliphatic hydroxyl groups excluding tert-OH is 1. The van der Waals surface area contributed by atoms with E-state index in [0.29, 0.717) is 12.5 Å². The Morgan fingerprint density at radius 1 is 1.47 bits per heavy atom. The van der Waals surface area contributed by atoms with Gasteiger partial charge < -0.3 is 5.11 Å². The lowest BCUT2D eigenvalue weighted by Gasteiger charge is -2.26. The van der Waals surface area contributed by atoms with Crippen LogP contribution >= 0.6 is 0 Å². The van der Waals surface area contributed by atoms with Crippen LogP contribution in [-0.4, -0.2) is 21.0 Å².